The quantitative estimate of drug-likeness (QED) is 0.250. The predicted molar refractivity (Wildman–Crippen MR) is 164 cm³/mol. The van der Waals surface area contributed by atoms with Crippen LogP contribution in [-0.2, 0) is 25.6 Å². The highest BCUT2D eigenvalue weighted by Gasteiger charge is 2.36. The number of rotatable bonds is 18. The predicted octanol–water partition coefficient (Wildman–Crippen LogP) is 4.16. The molecule has 4 atom stereocenters. The normalized spacial score (nSPS) is 21.0. The second-order valence-electron chi connectivity index (χ2n) is 11.1. The van der Waals surface area contributed by atoms with Crippen LogP contribution < -0.4 is 19.7 Å². The maximum atomic E-state index is 10.2. The number of nitrogens with one attached hydrogen (secondary N) is 1. The third-order valence-corrected chi connectivity index (χ3v) is 7.97. The van der Waals surface area contributed by atoms with Gasteiger partial charge in [-0.05, 0) is 61.1 Å². The van der Waals surface area contributed by atoms with E-state index in [9.17, 15) is 5.11 Å². The Kier molecular flexibility index (Phi) is 13.7. The van der Waals surface area contributed by atoms with Gasteiger partial charge < -0.3 is 43.7 Å². The summed E-state index contributed by atoms with van der Waals surface area (Å²) in [6.07, 6.45) is 2.85. The fourth-order valence-electron chi connectivity index (χ4n) is 5.54. The van der Waals surface area contributed by atoms with Crippen LogP contribution in [0, 0.1) is 0 Å². The summed E-state index contributed by atoms with van der Waals surface area (Å²) >= 11 is 0. The number of nitrogens with zero attached hydrogens (tertiary/aromatic N) is 1. The van der Waals surface area contributed by atoms with Crippen molar-refractivity contribution in [3.8, 4) is 11.5 Å². The van der Waals surface area contributed by atoms with Crippen molar-refractivity contribution in [1.82, 2.24) is 5.32 Å². The van der Waals surface area contributed by atoms with Crippen LogP contribution in [0.2, 0.25) is 0 Å². The standard InChI is InChI=1S/C33H50N2O7/c1-4-27(36)24-42-32-22-34-21-31(33(32)26-9-11-28(12-10-26)39-18-6-5-16-37-2)41-23-25-8-13-30-29(20-25)35(15-19-40-30)14-7-17-38-3/h8-13,20,27,31-34,36H,4-7,14-19,21-24H2,1-3H3/t27-,31+,32-,33-/m1/s1. The lowest BCUT2D eigenvalue weighted by atomic mass is 9.85. The Balaban J connectivity index is 1.44. The lowest BCUT2D eigenvalue weighted by Crippen LogP contribution is -2.51. The minimum atomic E-state index is -0.481. The van der Waals surface area contributed by atoms with Gasteiger partial charge >= 0.3 is 0 Å². The van der Waals surface area contributed by atoms with Gasteiger partial charge in [0, 0.05) is 53.0 Å². The van der Waals surface area contributed by atoms with Crippen molar-refractivity contribution in [2.75, 3.05) is 78.3 Å². The second-order valence-corrected chi connectivity index (χ2v) is 11.1. The molecule has 234 valence electrons. The molecule has 0 aromatic heterocycles. The van der Waals surface area contributed by atoms with Crippen LogP contribution in [0.15, 0.2) is 42.5 Å². The molecule has 0 aliphatic carbocycles. The number of benzene rings is 2. The smallest absolute Gasteiger partial charge is 0.142 e. The Morgan fingerprint density at radius 2 is 1.69 bits per heavy atom. The van der Waals surface area contributed by atoms with Crippen molar-refractivity contribution in [3.63, 3.8) is 0 Å². The molecule has 2 N–H and O–H groups in total. The van der Waals surface area contributed by atoms with E-state index in [1.54, 1.807) is 14.2 Å². The van der Waals surface area contributed by atoms with Gasteiger partial charge in [0.1, 0.15) is 18.1 Å². The Hall–Kier alpha value is -2.40. The number of unbranched alkanes of at least 4 members (excludes halogenated alkanes) is 1. The maximum Gasteiger partial charge on any atom is 0.142 e. The SMILES string of the molecule is CC[C@@H](O)CO[C@@H]1CNC[C@H](OCc2ccc3c(c2)N(CCCOC)CCO3)[C@H]1c1ccc(OCCCCOC)cc1. The van der Waals surface area contributed by atoms with E-state index in [0.29, 0.717) is 39.4 Å². The third kappa shape index (κ3) is 9.56. The van der Waals surface area contributed by atoms with Crippen molar-refractivity contribution in [1.29, 1.82) is 0 Å². The fraction of sp³-hybridized carbons (Fsp3) is 0.636. The molecule has 2 aromatic carbocycles. The van der Waals surface area contributed by atoms with Crippen molar-refractivity contribution in [2.24, 2.45) is 0 Å². The van der Waals surface area contributed by atoms with Gasteiger partial charge in [-0.15, -0.1) is 0 Å². The van der Waals surface area contributed by atoms with Crippen LogP contribution >= 0.6 is 0 Å². The number of anilines is 1. The average molecular weight is 587 g/mol. The topological polar surface area (TPSA) is 90.9 Å². The van der Waals surface area contributed by atoms with E-state index in [1.807, 2.05) is 19.1 Å². The minimum Gasteiger partial charge on any atom is -0.494 e. The first kappa shape index (κ1) is 32.5. The maximum absolute atomic E-state index is 10.2. The Bertz CT molecular complexity index is 1040. The second kappa shape index (κ2) is 17.7. The highest BCUT2D eigenvalue weighted by atomic mass is 16.5. The van der Waals surface area contributed by atoms with Crippen LogP contribution in [0.1, 0.15) is 49.7 Å². The molecule has 0 bridgehead atoms. The fourth-order valence-corrected chi connectivity index (χ4v) is 5.54. The summed E-state index contributed by atoms with van der Waals surface area (Å²) in [5, 5.41) is 13.7. The minimum absolute atomic E-state index is 0.0116. The molecule has 2 heterocycles. The van der Waals surface area contributed by atoms with Gasteiger partial charge in [0.25, 0.3) is 0 Å². The van der Waals surface area contributed by atoms with Gasteiger partial charge in [0.05, 0.1) is 50.4 Å². The van der Waals surface area contributed by atoms with E-state index in [0.717, 1.165) is 80.4 Å². The summed E-state index contributed by atoms with van der Waals surface area (Å²) < 4.78 is 35.2. The van der Waals surface area contributed by atoms with Crippen LogP contribution in [0.5, 0.6) is 11.5 Å². The Morgan fingerprint density at radius 3 is 2.45 bits per heavy atom. The van der Waals surface area contributed by atoms with E-state index in [2.05, 4.69) is 40.5 Å². The number of methoxy groups -OCH3 is 2. The van der Waals surface area contributed by atoms with Crippen molar-refractivity contribution in [2.45, 2.75) is 63.4 Å². The molecule has 9 nitrogen and oxygen atoms in total. The van der Waals surface area contributed by atoms with E-state index in [4.69, 9.17) is 28.4 Å². The highest BCUT2D eigenvalue weighted by Crippen LogP contribution is 2.35. The lowest BCUT2D eigenvalue weighted by molar-refractivity contribution is -0.0777. The molecule has 0 saturated carbocycles. The molecule has 1 saturated heterocycles. The molecule has 4 rings (SSSR count). The van der Waals surface area contributed by atoms with Crippen molar-refractivity contribution in [3.05, 3.63) is 53.6 Å². The zero-order valence-corrected chi connectivity index (χ0v) is 25.6. The number of aliphatic hydroxyl groups excluding tert-OH is 1. The monoisotopic (exact) mass is 586 g/mol. The first-order valence-electron chi connectivity index (χ1n) is 15.5. The van der Waals surface area contributed by atoms with E-state index < -0.39 is 6.10 Å². The summed E-state index contributed by atoms with van der Waals surface area (Å²) in [7, 11) is 3.46. The molecule has 9 heteroatoms. The largest absolute Gasteiger partial charge is 0.494 e. The molecule has 0 amide bonds. The van der Waals surface area contributed by atoms with Crippen LogP contribution in [0.3, 0.4) is 0 Å². The number of hydrogen-bond acceptors (Lipinski definition) is 9. The number of hydrogen-bond donors (Lipinski definition) is 2. The van der Waals surface area contributed by atoms with E-state index >= 15 is 0 Å². The molecule has 1 fully saturated rings. The summed E-state index contributed by atoms with van der Waals surface area (Å²) in [5.41, 5.74) is 3.37. The lowest BCUT2D eigenvalue weighted by Gasteiger charge is -2.39. The first-order valence-corrected chi connectivity index (χ1v) is 15.5. The number of aliphatic hydroxyl groups is 1. The van der Waals surface area contributed by atoms with Crippen LogP contribution in [0.25, 0.3) is 0 Å². The number of piperidine rings is 1. The average Bonchev–Trinajstić information content (AvgIpc) is 3.03. The van der Waals surface area contributed by atoms with Gasteiger partial charge in [-0.3, -0.25) is 0 Å². The summed E-state index contributed by atoms with van der Waals surface area (Å²) in [6, 6.07) is 14.6. The molecule has 2 aromatic rings. The molecule has 0 unspecified atom stereocenters. The molecule has 42 heavy (non-hydrogen) atoms. The number of ether oxygens (including phenoxy) is 6. The van der Waals surface area contributed by atoms with E-state index in [1.165, 1.54) is 0 Å². The van der Waals surface area contributed by atoms with Gasteiger partial charge in [0.2, 0.25) is 0 Å². The molecule has 2 aliphatic rings. The zero-order chi connectivity index (χ0) is 29.6. The van der Waals surface area contributed by atoms with Gasteiger partial charge in [-0.2, -0.15) is 0 Å². The van der Waals surface area contributed by atoms with Crippen molar-refractivity contribution >= 4 is 5.69 Å². The van der Waals surface area contributed by atoms with Crippen molar-refractivity contribution < 1.29 is 33.5 Å². The molecular weight excluding hydrogens is 536 g/mol. The molecule has 0 radical (unpaired) electrons. The van der Waals surface area contributed by atoms with Crippen LogP contribution in [0.4, 0.5) is 5.69 Å². The summed E-state index contributed by atoms with van der Waals surface area (Å²) in [6.45, 7) is 8.81. The third-order valence-electron chi connectivity index (χ3n) is 7.97. The zero-order valence-electron chi connectivity index (χ0n) is 25.6. The van der Waals surface area contributed by atoms with Crippen LogP contribution in [-0.4, -0.2) is 96.9 Å². The van der Waals surface area contributed by atoms with Gasteiger partial charge in [-0.25, -0.2) is 0 Å². The first-order chi connectivity index (χ1) is 20.6. The molecular formula is C33H50N2O7. The number of fused-ring (bicyclic) bond motifs is 1. The van der Waals surface area contributed by atoms with E-state index in [-0.39, 0.29) is 18.1 Å². The Morgan fingerprint density at radius 1 is 0.952 bits per heavy atom. The molecule has 2 aliphatic heterocycles. The Labute approximate surface area is 251 Å². The summed E-state index contributed by atoms with van der Waals surface area (Å²) in [4.78, 5) is 2.37. The van der Waals surface area contributed by atoms with Gasteiger partial charge in [-0.1, -0.05) is 25.1 Å². The summed E-state index contributed by atoms with van der Waals surface area (Å²) in [5.74, 6) is 1.79. The van der Waals surface area contributed by atoms with Gasteiger partial charge in [0.15, 0.2) is 0 Å². The molecule has 0 spiro atoms. The highest BCUT2D eigenvalue weighted by molar-refractivity contribution is 5.61.